The van der Waals surface area contributed by atoms with Gasteiger partial charge >= 0.3 is 0 Å². The van der Waals surface area contributed by atoms with Crippen molar-refractivity contribution in [1.82, 2.24) is 20.5 Å². The Morgan fingerprint density at radius 3 is 2.47 bits per heavy atom. The molecule has 0 atom stereocenters. The van der Waals surface area contributed by atoms with E-state index in [4.69, 9.17) is 4.99 Å². The number of rotatable bonds is 6. The maximum Gasteiger partial charge on any atom is 0.241 e. The smallest absolute Gasteiger partial charge is 0.241 e. The standard InChI is InChI=1S/C22H30N6O.HI/c1-27(2)21(29)17-25-22(24-16-18-8-4-3-5-9-18)26-19-11-14-28(15-12-19)20-10-6-7-13-23-20;/h3-10,13,19H,11-12,14-17H2,1-2H3,(H2,24,25,26);1H. The molecule has 1 saturated heterocycles. The molecule has 1 aliphatic heterocycles. The lowest BCUT2D eigenvalue weighted by molar-refractivity contribution is -0.127. The van der Waals surface area contributed by atoms with Crippen molar-refractivity contribution >= 4 is 41.7 Å². The zero-order valence-electron chi connectivity index (χ0n) is 17.6. The van der Waals surface area contributed by atoms with Crippen molar-refractivity contribution in [3.63, 3.8) is 0 Å². The van der Waals surface area contributed by atoms with Crippen LogP contribution < -0.4 is 15.5 Å². The van der Waals surface area contributed by atoms with E-state index < -0.39 is 0 Å². The van der Waals surface area contributed by atoms with Crippen LogP contribution in [0.5, 0.6) is 0 Å². The number of piperidine rings is 1. The molecule has 2 aromatic rings. The third-order valence-corrected chi connectivity index (χ3v) is 4.98. The molecular weight excluding hydrogens is 491 g/mol. The van der Waals surface area contributed by atoms with Gasteiger partial charge in [-0.1, -0.05) is 36.4 Å². The summed E-state index contributed by atoms with van der Waals surface area (Å²) in [7, 11) is 3.51. The molecule has 0 bridgehead atoms. The second-order valence-electron chi connectivity index (χ2n) is 7.39. The topological polar surface area (TPSA) is 72.9 Å². The Bertz CT molecular complexity index is 792. The third kappa shape index (κ3) is 7.47. The highest BCUT2D eigenvalue weighted by Gasteiger charge is 2.21. The molecule has 0 aliphatic carbocycles. The average molecular weight is 522 g/mol. The minimum atomic E-state index is 0. The summed E-state index contributed by atoms with van der Waals surface area (Å²) in [4.78, 5) is 25.0. The van der Waals surface area contributed by atoms with E-state index in [-0.39, 0.29) is 36.4 Å². The monoisotopic (exact) mass is 522 g/mol. The fraction of sp³-hybridized carbons (Fsp3) is 0.409. The molecule has 0 unspecified atom stereocenters. The van der Waals surface area contributed by atoms with Gasteiger partial charge < -0.3 is 20.4 Å². The number of likely N-dealkylation sites (N-methyl/N-ethyl adjacent to an activating group) is 1. The van der Waals surface area contributed by atoms with Crippen LogP contribution in [0.3, 0.4) is 0 Å². The Kier molecular flexibility index (Phi) is 9.85. The Labute approximate surface area is 196 Å². The van der Waals surface area contributed by atoms with Gasteiger partial charge in [-0.05, 0) is 30.5 Å². The van der Waals surface area contributed by atoms with E-state index in [2.05, 4.69) is 38.7 Å². The number of halogens is 1. The van der Waals surface area contributed by atoms with Gasteiger partial charge in [0.2, 0.25) is 5.91 Å². The van der Waals surface area contributed by atoms with E-state index in [9.17, 15) is 4.79 Å². The van der Waals surface area contributed by atoms with Gasteiger partial charge in [0.15, 0.2) is 5.96 Å². The molecule has 162 valence electrons. The van der Waals surface area contributed by atoms with Crippen LogP contribution in [0.15, 0.2) is 59.7 Å². The minimum Gasteiger partial charge on any atom is -0.356 e. The van der Waals surface area contributed by atoms with Crippen LogP contribution >= 0.6 is 24.0 Å². The number of guanidine groups is 1. The first-order valence-corrected chi connectivity index (χ1v) is 10.1. The molecule has 1 aliphatic rings. The Balaban J connectivity index is 0.00000320. The van der Waals surface area contributed by atoms with Gasteiger partial charge in [-0.3, -0.25) is 4.79 Å². The van der Waals surface area contributed by atoms with Crippen LogP contribution in [0.1, 0.15) is 18.4 Å². The normalized spacial score (nSPS) is 14.6. The second-order valence-corrected chi connectivity index (χ2v) is 7.39. The Morgan fingerprint density at radius 1 is 1.13 bits per heavy atom. The van der Waals surface area contributed by atoms with Gasteiger partial charge in [0.25, 0.3) is 0 Å². The first kappa shape index (κ1) is 23.9. The fourth-order valence-corrected chi connectivity index (χ4v) is 3.21. The van der Waals surface area contributed by atoms with Crippen LogP contribution in [0.25, 0.3) is 0 Å². The molecule has 2 N–H and O–H groups in total. The number of anilines is 1. The van der Waals surface area contributed by atoms with Crippen LogP contribution in [0.4, 0.5) is 5.82 Å². The third-order valence-electron chi connectivity index (χ3n) is 4.98. The number of carbonyl (C=O) groups excluding carboxylic acids is 1. The summed E-state index contributed by atoms with van der Waals surface area (Å²) in [5, 5.41) is 6.70. The van der Waals surface area contributed by atoms with Crippen LogP contribution in [0.2, 0.25) is 0 Å². The predicted molar refractivity (Wildman–Crippen MR) is 132 cm³/mol. The lowest BCUT2D eigenvalue weighted by atomic mass is 10.1. The molecule has 8 heteroatoms. The lowest BCUT2D eigenvalue weighted by Gasteiger charge is -2.33. The summed E-state index contributed by atoms with van der Waals surface area (Å²) in [6.07, 6.45) is 3.81. The van der Waals surface area contributed by atoms with Crippen molar-refractivity contribution in [3.8, 4) is 0 Å². The van der Waals surface area contributed by atoms with Crippen molar-refractivity contribution in [2.45, 2.75) is 25.4 Å². The second kappa shape index (κ2) is 12.4. The molecule has 2 heterocycles. The molecule has 0 spiro atoms. The summed E-state index contributed by atoms with van der Waals surface area (Å²) < 4.78 is 0. The average Bonchev–Trinajstić information content (AvgIpc) is 2.77. The summed E-state index contributed by atoms with van der Waals surface area (Å²) in [6.45, 7) is 2.67. The lowest BCUT2D eigenvalue weighted by Crippen LogP contribution is -2.50. The summed E-state index contributed by atoms with van der Waals surface area (Å²) >= 11 is 0. The van der Waals surface area contributed by atoms with Gasteiger partial charge in [0, 0.05) is 39.4 Å². The SMILES string of the molecule is CN(C)C(=O)CNC(=NCc1ccccc1)NC1CCN(c2ccccn2)CC1.I. The molecule has 1 fully saturated rings. The number of aliphatic imine (C=N–C) groups is 1. The molecule has 0 saturated carbocycles. The van der Waals surface area contributed by atoms with Crippen molar-refractivity contribution < 1.29 is 4.79 Å². The van der Waals surface area contributed by atoms with Gasteiger partial charge in [0.05, 0.1) is 13.1 Å². The molecule has 0 radical (unpaired) electrons. The molecule has 1 aromatic carbocycles. The summed E-state index contributed by atoms with van der Waals surface area (Å²) in [5.74, 6) is 1.73. The molecule has 7 nitrogen and oxygen atoms in total. The maximum atomic E-state index is 12.0. The van der Waals surface area contributed by atoms with Crippen molar-refractivity contribution in [2.75, 3.05) is 38.6 Å². The van der Waals surface area contributed by atoms with E-state index in [1.54, 1.807) is 19.0 Å². The number of aromatic nitrogens is 1. The van der Waals surface area contributed by atoms with Gasteiger partial charge in [-0.25, -0.2) is 9.98 Å². The van der Waals surface area contributed by atoms with Gasteiger partial charge in [0.1, 0.15) is 5.82 Å². The van der Waals surface area contributed by atoms with Crippen LogP contribution in [-0.4, -0.2) is 61.5 Å². The van der Waals surface area contributed by atoms with E-state index >= 15 is 0 Å². The number of amides is 1. The van der Waals surface area contributed by atoms with Gasteiger partial charge in [-0.15, -0.1) is 24.0 Å². The van der Waals surface area contributed by atoms with Crippen molar-refractivity contribution in [1.29, 1.82) is 0 Å². The summed E-state index contributed by atoms with van der Waals surface area (Å²) in [5.41, 5.74) is 1.14. The molecule has 1 aromatic heterocycles. The highest BCUT2D eigenvalue weighted by Crippen LogP contribution is 2.17. The molecular formula is C22H31IN6O. The maximum absolute atomic E-state index is 12.0. The molecule has 30 heavy (non-hydrogen) atoms. The van der Waals surface area contributed by atoms with E-state index in [1.807, 2.05) is 36.5 Å². The largest absolute Gasteiger partial charge is 0.356 e. The first-order chi connectivity index (χ1) is 14.1. The minimum absolute atomic E-state index is 0. The Hall–Kier alpha value is -2.36. The number of hydrogen-bond acceptors (Lipinski definition) is 4. The van der Waals surface area contributed by atoms with E-state index in [1.165, 1.54) is 0 Å². The highest BCUT2D eigenvalue weighted by molar-refractivity contribution is 14.0. The van der Waals surface area contributed by atoms with Crippen molar-refractivity contribution in [2.24, 2.45) is 4.99 Å². The van der Waals surface area contributed by atoms with Crippen molar-refractivity contribution in [3.05, 3.63) is 60.3 Å². The predicted octanol–water partition coefficient (Wildman–Crippen LogP) is 2.49. The quantitative estimate of drug-likeness (QED) is 0.347. The van der Waals surface area contributed by atoms with Gasteiger partial charge in [-0.2, -0.15) is 0 Å². The van der Waals surface area contributed by atoms with E-state index in [0.29, 0.717) is 18.5 Å². The van der Waals surface area contributed by atoms with E-state index in [0.717, 1.165) is 37.3 Å². The molecule has 3 rings (SSSR count). The fourth-order valence-electron chi connectivity index (χ4n) is 3.21. The zero-order chi connectivity index (χ0) is 20.5. The number of hydrogen-bond donors (Lipinski definition) is 2. The number of benzene rings is 1. The number of pyridine rings is 1. The first-order valence-electron chi connectivity index (χ1n) is 10.1. The number of carbonyl (C=O) groups is 1. The van der Waals surface area contributed by atoms with Crippen LogP contribution in [-0.2, 0) is 11.3 Å². The zero-order valence-corrected chi connectivity index (χ0v) is 20.0. The number of nitrogens with one attached hydrogen (secondary N) is 2. The highest BCUT2D eigenvalue weighted by atomic mass is 127. The van der Waals surface area contributed by atoms with Crippen LogP contribution in [0, 0.1) is 0 Å². The Morgan fingerprint density at radius 2 is 1.83 bits per heavy atom. The molecule has 1 amide bonds. The number of nitrogens with zero attached hydrogens (tertiary/aromatic N) is 4. The summed E-state index contributed by atoms with van der Waals surface area (Å²) in [6, 6.07) is 16.4.